The number of piperidine rings is 1. The summed E-state index contributed by atoms with van der Waals surface area (Å²) in [4.78, 5) is 15.1. The van der Waals surface area contributed by atoms with Gasteiger partial charge in [-0.1, -0.05) is 49.7 Å². The number of sulfonamides is 1. The van der Waals surface area contributed by atoms with Gasteiger partial charge in [-0.3, -0.25) is 9.10 Å². The number of hydrogen-bond donors (Lipinski definition) is 0. The highest BCUT2D eigenvalue weighted by Gasteiger charge is 2.31. The lowest BCUT2D eigenvalue weighted by Crippen LogP contribution is -2.46. The third-order valence-corrected chi connectivity index (χ3v) is 7.31. The van der Waals surface area contributed by atoms with Gasteiger partial charge in [-0.25, -0.2) is 8.42 Å². The van der Waals surface area contributed by atoms with Gasteiger partial charge >= 0.3 is 0 Å². The fourth-order valence-corrected chi connectivity index (χ4v) is 5.28. The normalized spacial score (nSPS) is 17.2. The van der Waals surface area contributed by atoms with Gasteiger partial charge in [0.2, 0.25) is 5.91 Å². The maximum absolute atomic E-state index is 13.6. The number of hydrogen-bond acceptors (Lipinski definition) is 3. The summed E-state index contributed by atoms with van der Waals surface area (Å²) < 4.78 is 28.4. The van der Waals surface area contributed by atoms with Crippen LogP contribution in [0.25, 0.3) is 0 Å². The Bertz CT molecular complexity index is 954. The molecule has 5 nitrogen and oxygen atoms in total. The van der Waals surface area contributed by atoms with E-state index in [1.807, 2.05) is 32.0 Å². The molecule has 0 spiro atoms. The third-order valence-electron chi connectivity index (χ3n) is 5.54. The molecule has 1 heterocycles. The first-order valence-electron chi connectivity index (χ1n) is 10.3. The van der Waals surface area contributed by atoms with E-state index in [-0.39, 0.29) is 17.3 Å². The lowest BCUT2D eigenvalue weighted by atomic mass is 10.0. The minimum Gasteiger partial charge on any atom is -0.341 e. The van der Waals surface area contributed by atoms with Gasteiger partial charge in [-0.15, -0.1) is 0 Å². The molecule has 1 saturated heterocycles. The molecule has 1 amide bonds. The summed E-state index contributed by atoms with van der Waals surface area (Å²) in [6.07, 6.45) is 2.75. The molecule has 0 bridgehead atoms. The molecule has 0 radical (unpaired) electrons. The minimum absolute atomic E-state index is 0.141. The number of carbonyl (C=O) groups excluding carboxylic acids is 1. The van der Waals surface area contributed by atoms with E-state index in [4.69, 9.17) is 0 Å². The van der Waals surface area contributed by atoms with E-state index in [1.165, 1.54) is 4.31 Å². The first-order valence-corrected chi connectivity index (χ1v) is 11.7. The van der Waals surface area contributed by atoms with Crippen molar-refractivity contribution >= 4 is 21.6 Å². The smallest absolute Gasteiger partial charge is 0.264 e. The molecule has 0 N–H and O–H groups in total. The van der Waals surface area contributed by atoms with E-state index in [0.717, 1.165) is 24.0 Å². The van der Waals surface area contributed by atoms with Crippen molar-refractivity contribution in [3.05, 3.63) is 59.7 Å². The van der Waals surface area contributed by atoms with Gasteiger partial charge in [0.15, 0.2) is 0 Å². The zero-order valence-corrected chi connectivity index (χ0v) is 18.3. The van der Waals surface area contributed by atoms with Crippen LogP contribution >= 0.6 is 0 Å². The Morgan fingerprint density at radius 3 is 2.48 bits per heavy atom. The molecule has 6 heteroatoms. The van der Waals surface area contributed by atoms with Crippen molar-refractivity contribution in [1.82, 2.24) is 4.90 Å². The van der Waals surface area contributed by atoms with Crippen molar-refractivity contribution in [2.45, 2.75) is 44.9 Å². The van der Waals surface area contributed by atoms with Crippen LogP contribution in [0.15, 0.2) is 53.4 Å². The fraction of sp³-hybridized carbons (Fsp3) is 0.435. The first kappa shape index (κ1) is 21.4. The summed E-state index contributed by atoms with van der Waals surface area (Å²) in [7, 11) is -3.86. The molecule has 2 aromatic rings. The summed E-state index contributed by atoms with van der Waals surface area (Å²) in [6.45, 7) is 7.24. The van der Waals surface area contributed by atoms with E-state index in [1.54, 1.807) is 35.2 Å². The summed E-state index contributed by atoms with van der Waals surface area (Å²) in [5.74, 6) is 0.302. The second kappa shape index (κ2) is 8.99. The number of nitrogens with zero attached hydrogens (tertiary/aromatic N) is 2. The Kier molecular flexibility index (Phi) is 6.63. The maximum atomic E-state index is 13.6. The average molecular weight is 415 g/mol. The van der Waals surface area contributed by atoms with Gasteiger partial charge in [0, 0.05) is 13.1 Å². The highest BCUT2D eigenvalue weighted by Crippen LogP contribution is 2.28. The van der Waals surface area contributed by atoms with Crippen LogP contribution in [-0.2, 0) is 21.2 Å². The van der Waals surface area contributed by atoms with Gasteiger partial charge in [0.1, 0.15) is 6.54 Å². The highest BCUT2D eigenvalue weighted by molar-refractivity contribution is 7.92. The lowest BCUT2D eigenvalue weighted by molar-refractivity contribution is -0.131. The van der Waals surface area contributed by atoms with Crippen LogP contribution in [0.1, 0.15) is 37.8 Å². The Balaban J connectivity index is 2.00. The molecule has 0 saturated carbocycles. The van der Waals surface area contributed by atoms with Crippen molar-refractivity contribution in [2.24, 2.45) is 5.92 Å². The van der Waals surface area contributed by atoms with E-state index < -0.39 is 10.0 Å². The molecule has 1 fully saturated rings. The lowest BCUT2D eigenvalue weighted by Gasteiger charge is -2.33. The van der Waals surface area contributed by atoms with E-state index in [9.17, 15) is 13.2 Å². The quantitative estimate of drug-likeness (QED) is 0.718. The Hall–Kier alpha value is -2.34. The molecular weight excluding hydrogens is 384 g/mol. The molecule has 1 unspecified atom stereocenters. The van der Waals surface area contributed by atoms with Crippen molar-refractivity contribution in [1.29, 1.82) is 0 Å². The largest absolute Gasteiger partial charge is 0.341 e. The third kappa shape index (κ3) is 4.81. The number of amides is 1. The van der Waals surface area contributed by atoms with E-state index in [2.05, 4.69) is 6.92 Å². The summed E-state index contributed by atoms with van der Waals surface area (Å²) in [5.41, 5.74) is 2.47. The SMILES string of the molecule is CCc1ccccc1N(CC(=O)N1CCCC(C)C1)S(=O)(=O)c1ccc(C)cc1. The molecular formula is C23H30N2O3S. The van der Waals surface area contributed by atoms with Crippen molar-refractivity contribution in [3.63, 3.8) is 0 Å². The number of rotatable bonds is 6. The Labute approximate surface area is 174 Å². The van der Waals surface area contributed by atoms with Gasteiger partial charge in [0.25, 0.3) is 10.0 Å². The second-order valence-corrected chi connectivity index (χ2v) is 9.76. The van der Waals surface area contributed by atoms with E-state index in [0.29, 0.717) is 31.1 Å². The molecule has 0 aliphatic carbocycles. The number of anilines is 1. The molecule has 1 atom stereocenters. The molecule has 2 aromatic carbocycles. The van der Waals surface area contributed by atoms with Crippen molar-refractivity contribution in [2.75, 3.05) is 23.9 Å². The molecule has 156 valence electrons. The maximum Gasteiger partial charge on any atom is 0.264 e. The van der Waals surface area contributed by atoms with Gasteiger partial charge < -0.3 is 4.90 Å². The minimum atomic E-state index is -3.86. The van der Waals surface area contributed by atoms with Gasteiger partial charge in [0.05, 0.1) is 10.6 Å². The van der Waals surface area contributed by atoms with Crippen molar-refractivity contribution < 1.29 is 13.2 Å². The second-order valence-electron chi connectivity index (χ2n) is 7.89. The molecule has 1 aliphatic heterocycles. The zero-order valence-electron chi connectivity index (χ0n) is 17.5. The zero-order chi connectivity index (χ0) is 21.0. The van der Waals surface area contributed by atoms with Crippen LogP contribution in [0.3, 0.4) is 0 Å². The number of carbonyl (C=O) groups is 1. The first-order chi connectivity index (χ1) is 13.8. The molecule has 29 heavy (non-hydrogen) atoms. The van der Waals surface area contributed by atoms with Crippen LogP contribution in [-0.4, -0.2) is 38.9 Å². The monoisotopic (exact) mass is 414 g/mol. The summed E-state index contributed by atoms with van der Waals surface area (Å²) >= 11 is 0. The predicted molar refractivity (Wildman–Crippen MR) is 117 cm³/mol. The molecule has 1 aliphatic rings. The standard InChI is InChI=1S/C23H30N2O3S/c1-4-20-9-5-6-10-22(20)25(17-23(26)24-15-7-8-19(3)16-24)29(27,28)21-13-11-18(2)12-14-21/h5-6,9-14,19H,4,7-8,15-17H2,1-3H3. The number of likely N-dealkylation sites (tertiary alicyclic amines) is 1. The summed E-state index contributed by atoms with van der Waals surface area (Å²) in [5, 5.41) is 0. The van der Waals surface area contributed by atoms with Crippen LogP contribution in [0.5, 0.6) is 0 Å². The fourth-order valence-electron chi connectivity index (χ4n) is 3.83. The molecule has 0 aromatic heterocycles. The Morgan fingerprint density at radius 1 is 1.14 bits per heavy atom. The molecule has 3 rings (SSSR count). The van der Waals surface area contributed by atoms with E-state index >= 15 is 0 Å². The van der Waals surface area contributed by atoms with Crippen LogP contribution < -0.4 is 4.31 Å². The van der Waals surface area contributed by atoms with Crippen LogP contribution in [0, 0.1) is 12.8 Å². The number of para-hydroxylation sites is 1. The van der Waals surface area contributed by atoms with Crippen molar-refractivity contribution in [3.8, 4) is 0 Å². The summed E-state index contributed by atoms with van der Waals surface area (Å²) in [6, 6.07) is 14.2. The van der Waals surface area contributed by atoms with Crippen LogP contribution in [0.4, 0.5) is 5.69 Å². The number of aryl methyl sites for hydroxylation is 2. The average Bonchev–Trinajstić information content (AvgIpc) is 2.72. The van der Waals surface area contributed by atoms with Gasteiger partial charge in [-0.05, 0) is 55.9 Å². The van der Waals surface area contributed by atoms with Crippen LogP contribution in [0.2, 0.25) is 0 Å². The highest BCUT2D eigenvalue weighted by atomic mass is 32.2. The topological polar surface area (TPSA) is 57.7 Å². The number of benzene rings is 2. The van der Waals surface area contributed by atoms with Gasteiger partial charge in [-0.2, -0.15) is 0 Å². The Morgan fingerprint density at radius 2 is 1.83 bits per heavy atom. The predicted octanol–water partition coefficient (Wildman–Crippen LogP) is 4.01.